The van der Waals surface area contributed by atoms with Gasteiger partial charge in [0.05, 0.1) is 5.69 Å². The molecule has 6 nitrogen and oxygen atoms in total. The molecule has 4 N–H and O–H groups in total. The van der Waals surface area contributed by atoms with Crippen LogP contribution in [0.4, 0.5) is 5.69 Å². The maximum Gasteiger partial charge on any atom is 0.341 e. The number of nitrogens with two attached hydrogens (primary N) is 1. The Kier molecular flexibility index (Phi) is 4.98. The first kappa shape index (κ1) is 18.7. The Balaban J connectivity index is 1.60. The number of anilines is 1. The van der Waals surface area contributed by atoms with Gasteiger partial charge in [0.1, 0.15) is 5.56 Å². The standard InChI is InChI=1S/C22H27N3O3/c1-2-13-10-17(22(27)28)21(26)24-20(13)14-6-8-16(9-7-14)25-11-15-4-3-5-19(23)18(15)12-25/h6-10,15,18-19H,2-5,11-12,23H2,1H3,(H,24,26)(H,27,28)/t15-,18+,19-/m1/s1. The number of nitrogens with zero attached hydrogens (tertiary/aromatic N) is 1. The van der Waals surface area contributed by atoms with Crippen molar-refractivity contribution in [2.45, 2.75) is 38.6 Å². The maximum absolute atomic E-state index is 12.1. The molecule has 0 unspecified atom stereocenters. The van der Waals surface area contributed by atoms with Crippen LogP contribution in [-0.2, 0) is 6.42 Å². The number of aromatic carboxylic acids is 1. The van der Waals surface area contributed by atoms with Gasteiger partial charge in [0.15, 0.2) is 0 Å². The summed E-state index contributed by atoms with van der Waals surface area (Å²) in [5.41, 5.74) is 9.14. The van der Waals surface area contributed by atoms with Crippen molar-refractivity contribution in [3.05, 3.63) is 51.8 Å². The molecule has 0 radical (unpaired) electrons. The van der Waals surface area contributed by atoms with E-state index in [4.69, 9.17) is 5.73 Å². The van der Waals surface area contributed by atoms with Gasteiger partial charge in [0, 0.05) is 24.8 Å². The number of hydrogen-bond donors (Lipinski definition) is 3. The Morgan fingerprint density at radius 3 is 2.64 bits per heavy atom. The van der Waals surface area contributed by atoms with Crippen LogP contribution in [0, 0.1) is 11.8 Å². The van der Waals surface area contributed by atoms with Crippen LogP contribution in [0.1, 0.15) is 42.1 Å². The quantitative estimate of drug-likeness (QED) is 0.756. The topological polar surface area (TPSA) is 99.4 Å². The number of H-pyrrole nitrogens is 1. The molecule has 3 atom stereocenters. The van der Waals surface area contributed by atoms with Gasteiger partial charge in [-0.15, -0.1) is 0 Å². The summed E-state index contributed by atoms with van der Waals surface area (Å²) >= 11 is 0. The van der Waals surface area contributed by atoms with Crippen molar-refractivity contribution in [1.82, 2.24) is 4.98 Å². The lowest BCUT2D eigenvalue weighted by Gasteiger charge is -2.29. The van der Waals surface area contributed by atoms with E-state index in [1.165, 1.54) is 24.6 Å². The number of rotatable bonds is 4. The Morgan fingerprint density at radius 1 is 1.25 bits per heavy atom. The lowest BCUT2D eigenvalue weighted by Crippen LogP contribution is -2.38. The van der Waals surface area contributed by atoms with Crippen molar-refractivity contribution in [2.24, 2.45) is 17.6 Å². The first-order chi connectivity index (χ1) is 13.5. The van der Waals surface area contributed by atoms with Crippen molar-refractivity contribution in [1.29, 1.82) is 0 Å². The van der Waals surface area contributed by atoms with Crippen molar-refractivity contribution in [2.75, 3.05) is 18.0 Å². The predicted molar refractivity (Wildman–Crippen MR) is 110 cm³/mol. The molecule has 2 aromatic rings. The lowest BCUT2D eigenvalue weighted by atomic mass is 9.78. The van der Waals surface area contributed by atoms with E-state index in [-0.39, 0.29) is 5.56 Å². The van der Waals surface area contributed by atoms with Crippen LogP contribution in [0.15, 0.2) is 35.1 Å². The van der Waals surface area contributed by atoms with Crippen LogP contribution in [0.2, 0.25) is 0 Å². The van der Waals surface area contributed by atoms with Crippen molar-refractivity contribution in [3.8, 4) is 11.3 Å². The fraction of sp³-hybridized carbons (Fsp3) is 0.455. The minimum Gasteiger partial charge on any atom is -0.477 e. The molecule has 1 aromatic heterocycles. The van der Waals surface area contributed by atoms with E-state index in [2.05, 4.69) is 22.0 Å². The van der Waals surface area contributed by atoms with E-state index in [9.17, 15) is 14.7 Å². The van der Waals surface area contributed by atoms with Crippen LogP contribution < -0.4 is 16.2 Å². The first-order valence-corrected chi connectivity index (χ1v) is 10.1. The molecule has 6 heteroatoms. The van der Waals surface area contributed by atoms with Crippen molar-refractivity contribution >= 4 is 11.7 Å². The number of aromatic nitrogens is 1. The van der Waals surface area contributed by atoms with E-state index >= 15 is 0 Å². The number of nitrogens with one attached hydrogen (secondary N) is 1. The molecule has 2 aliphatic rings. The van der Waals surface area contributed by atoms with E-state index in [1.54, 1.807) is 0 Å². The highest BCUT2D eigenvalue weighted by molar-refractivity contribution is 5.88. The van der Waals surface area contributed by atoms with Crippen molar-refractivity contribution < 1.29 is 9.90 Å². The fourth-order valence-electron chi connectivity index (χ4n) is 4.83. The largest absolute Gasteiger partial charge is 0.477 e. The van der Waals surface area contributed by atoms with Gasteiger partial charge in [-0.1, -0.05) is 25.5 Å². The van der Waals surface area contributed by atoms with Gasteiger partial charge in [-0.25, -0.2) is 4.79 Å². The molecule has 2 heterocycles. The highest BCUT2D eigenvalue weighted by atomic mass is 16.4. The van der Waals surface area contributed by atoms with Gasteiger partial charge >= 0.3 is 5.97 Å². The molecular weight excluding hydrogens is 354 g/mol. The third-order valence-corrected chi connectivity index (χ3v) is 6.41. The molecule has 28 heavy (non-hydrogen) atoms. The molecule has 0 bridgehead atoms. The third-order valence-electron chi connectivity index (χ3n) is 6.41. The van der Waals surface area contributed by atoms with E-state index in [1.807, 2.05) is 19.1 Å². The van der Waals surface area contributed by atoms with Crippen LogP contribution in [0.25, 0.3) is 11.3 Å². The van der Waals surface area contributed by atoms with Gasteiger partial charge < -0.3 is 20.7 Å². The molecule has 1 saturated carbocycles. The number of aryl methyl sites for hydroxylation is 1. The molecule has 1 aliphatic heterocycles. The second-order valence-electron chi connectivity index (χ2n) is 8.04. The van der Waals surface area contributed by atoms with E-state index < -0.39 is 11.5 Å². The summed E-state index contributed by atoms with van der Waals surface area (Å²) in [5, 5.41) is 9.18. The van der Waals surface area contributed by atoms with Gasteiger partial charge in [0.25, 0.3) is 5.56 Å². The summed E-state index contributed by atoms with van der Waals surface area (Å²) in [6.45, 7) is 4.02. The number of hydrogen-bond acceptors (Lipinski definition) is 4. The average Bonchev–Trinajstić information content (AvgIpc) is 3.13. The second-order valence-corrected chi connectivity index (χ2v) is 8.04. The van der Waals surface area contributed by atoms with Crippen LogP contribution in [-0.4, -0.2) is 35.2 Å². The van der Waals surface area contributed by atoms with Crippen LogP contribution >= 0.6 is 0 Å². The summed E-state index contributed by atoms with van der Waals surface area (Å²) in [6, 6.07) is 9.97. The van der Waals surface area contributed by atoms with E-state index in [0.29, 0.717) is 30.0 Å². The SMILES string of the molecule is CCc1cc(C(=O)O)c(=O)[nH]c1-c1ccc(N2C[C@H]3CCC[C@@H](N)[C@H]3C2)cc1. The first-order valence-electron chi connectivity index (χ1n) is 10.1. The Hall–Kier alpha value is -2.60. The minimum absolute atomic E-state index is 0.215. The number of carboxylic acid groups (broad SMARTS) is 1. The Morgan fingerprint density at radius 2 is 2.00 bits per heavy atom. The number of carbonyl (C=O) groups is 1. The zero-order valence-electron chi connectivity index (χ0n) is 16.1. The second kappa shape index (κ2) is 7.43. The summed E-state index contributed by atoms with van der Waals surface area (Å²) in [5.74, 6) is 0.0710. The lowest BCUT2D eigenvalue weighted by molar-refractivity contribution is 0.0695. The number of aromatic amines is 1. The molecule has 4 rings (SSSR count). The smallest absolute Gasteiger partial charge is 0.341 e. The van der Waals surface area contributed by atoms with Crippen LogP contribution in [0.3, 0.4) is 0 Å². The summed E-state index contributed by atoms with van der Waals surface area (Å²) in [6.07, 6.45) is 4.27. The van der Waals surface area contributed by atoms with Crippen LogP contribution in [0.5, 0.6) is 0 Å². The number of carboxylic acids is 1. The minimum atomic E-state index is -1.20. The summed E-state index contributed by atoms with van der Waals surface area (Å²) in [4.78, 5) is 28.5. The third kappa shape index (κ3) is 3.33. The number of fused-ring (bicyclic) bond motifs is 1. The molecule has 1 aromatic carbocycles. The molecule has 1 aliphatic carbocycles. The normalized spacial score (nSPS) is 24.2. The van der Waals surface area contributed by atoms with Gasteiger partial charge in [-0.2, -0.15) is 0 Å². The van der Waals surface area contributed by atoms with Crippen molar-refractivity contribution in [3.63, 3.8) is 0 Å². The van der Waals surface area contributed by atoms with Gasteiger partial charge in [-0.3, -0.25) is 4.79 Å². The highest BCUT2D eigenvalue weighted by Gasteiger charge is 2.38. The maximum atomic E-state index is 12.1. The molecule has 0 spiro atoms. The molecule has 1 saturated heterocycles. The fourth-order valence-corrected chi connectivity index (χ4v) is 4.83. The predicted octanol–water partition coefficient (Wildman–Crippen LogP) is 2.87. The Bertz CT molecular complexity index is 935. The summed E-state index contributed by atoms with van der Waals surface area (Å²) < 4.78 is 0. The van der Waals surface area contributed by atoms with Gasteiger partial charge in [-0.05, 0) is 60.4 Å². The van der Waals surface area contributed by atoms with E-state index in [0.717, 1.165) is 30.6 Å². The average molecular weight is 381 g/mol. The van der Waals surface area contributed by atoms with Gasteiger partial charge in [0.2, 0.25) is 0 Å². The zero-order chi connectivity index (χ0) is 19.8. The molecule has 148 valence electrons. The highest BCUT2D eigenvalue weighted by Crippen LogP contribution is 2.38. The number of benzene rings is 1. The number of pyridine rings is 1. The zero-order valence-corrected chi connectivity index (χ0v) is 16.1. The monoisotopic (exact) mass is 381 g/mol. The molecule has 2 fully saturated rings. The molecule has 0 amide bonds. The summed E-state index contributed by atoms with van der Waals surface area (Å²) in [7, 11) is 0. The Labute approximate surface area is 164 Å². The molecular formula is C22H27N3O3.